The molecule has 0 aliphatic rings. The molecule has 1 heterocycles. The van der Waals surface area contributed by atoms with Crippen LogP contribution in [0.2, 0.25) is 0 Å². The quantitative estimate of drug-likeness (QED) is 0.620. The first-order valence-corrected chi connectivity index (χ1v) is 6.68. The molecule has 1 aromatic carbocycles. The van der Waals surface area contributed by atoms with E-state index in [1.165, 1.54) is 12.7 Å². The van der Waals surface area contributed by atoms with Gasteiger partial charge in [-0.3, -0.25) is 9.78 Å². The molecule has 0 atom stereocenters. The van der Waals surface area contributed by atoms with E-state index in [1.807, 2.05) is 25.1 Å². The topological polar surface area (TPSA) is 48.4 Å². The van der Waals surface area contributed by atoms with E-state index in [4.69, 9.17) is 4.74 Å². The molecule has 2 rings (SSSR count). The van der Waals surface area contributed by atoms with Gasteiger partial charge < -0.3 is 9.47 Å². The molecule has 0 fully saturated rings. The van der Waals surface area contributed by atoms with Crippen molar-refractivity contribution in [2.45, 2.75) is 26.7 Å². The second-order valence-corrected chi connectivity index (χ2v) is 4.79. The number of hydrogen-bond acceptors (Lipinski definition) is 4. The van der Waals surface area contributed by atoms with Gasteiger partial charge in [0.05, 0.1) is 19.2 Å². The summed E-state index contributed by atoms with van der Waals surface area (Å²) in [5.74, 6) is 0.569. The van der Waals surface area contributed by atoms with Gasteiger partial charge in [-0.1, -0.05) is 0 Å². The molecule has 0 unspecified atom stereocenters. The summed E-state index contributed by atoms with van der Waals surface area (Å²) >= 11 is 0. The van der Waals surface area contributed by atoms with Crippen LogP contribution in [-0.2, 0) is 9.53 Å². The normalized spacial score (nSPS) is 10.6. The van der Waals surface area contributed by atoms with Crippen molar-refractivity contribution in [1.29, 1.82) is 0 Å². The zero-order chi connectivity index (χ0) is 14.5. The number of esters is 1. The van der Waals surface area contributed by atoms with Crippen LogP contribution in [0.25, 0.3) is 10.9 Å². The number of carbonyl (C=O) groups is 1. The van der Waals surface area contributed by atoms with Crippen molar-refractivity contribution in [3.05, 3.63) is 35.5 Å². The van der Waals surface area contributed by atoms with E-state index in [2.05, 4.69) is 22.7 Å². The van der Waals surface area contributed by atoms with E-state index < -0.39 is 0 Å². The van der Waals surface area contributed by atoms with E-state index in [1.54, 1.807) is 0 Å². The second kappa shape index (κ2) is 6.37. The smallest absolute Gasteiger partial charge is 0.305 e. The lowest BCUT2D eigenvalue weighted by Gasteiger charge is -2.08. The van der Waals surface area contributed by atoms with Gasteiger partial charge in [-0.25, -0.2) is 0 Å². The van der Waals surface area contributed by atoms with Gasteiger partial charge in [0.1, 0.15) is 5.75 Å². The fraction of sp³-hybridized carbons (Fsp3) is 0.375. The summed E-state index contributed by atoms with van der Waals surface area (Å²) in [4.78, 5) is 15.5. The highest BCUT2D eigenvalue weighted by molar-refractivity contribution is 5.83. The Balaban J connectivity index is 2.03. The maximum Gasteiger partial charge on any atom is 0.305 e. The van der Waals surface area contributed by atoms with E-state index >= 15 is 0 Å². The zero-order valence-corrected chi connectivity index (χ0v) is 12.1. The highest BCUT2D eigenvalue weighted by Crippen LogP contribution is 2.23. The number of pyridine rings is 1. The van der Waals surface area contributed by atoms with Crippen molar-refractivity contribution < 1.29 is 14.3 Å². The van der Waals surface area contributed by atoms with Crippen LogP contribution in [-0.4, -0.2) is 24.7 Å². The van der Waals surface area contributed by atoms with E-state index in [-0.39, 0.29) is 5.97 Å². The number of rotatable bonds is 5. The summed E-state index contributed by atoms with van der Waals surface area (Å²) in [6, 6.07) is 7.96. The first-order valence-electron chi connectivity index (χ1n) is 6.68. The number of ether oxygens (including phenoxy) is 2. The van der Waals surface area contributed by atoms with Crippen molar-refractivity contribution in [1.82, 2.24) is 4.98 Å². The summed E-state index contributed by atoms with van der Waals surface area (Å²) in [6.07, 6.45) is 1.02. The van der Waals surface area contributed by atoms with Gasteiger partial charge in [-0.15, -0.1) is 0 Å². The fourth-order valence-corrected chi connectivity index (χ4v) is 2.15. The number of carbonyl (C=O) groups excluding carboxylic acids is 1. The third kappa shape index (κ3) is 3.47. The Bertz CT molecular complexity index is 622. The van der Waals surface area contributed by atoms with Crippen molar-refractivity contribution >= 4 is 16.9 Å². The van der Waals surface area contributed by atoms with Gasteiger partial charge in [0.15, 0.2) is 0 Å². The monoisotopic (exact) mass is 273 g/mol. The van der Waals surface area contributed by atoms with Crippen molar-refractivity contribution in [3.8, 4) is 5.75 Å². The minimum Gasteiger partial charge on any atom is -0.494 e. The molecule has 4 nitrogen and oxygen atoms in total. The highest BCUT2D eigenvalue weighted by Gasteiger charge is 2.04. The number of nitrogens with zero attached hydrogens (tertiary/aromatic N) is 1. The van der Waals surface area contributed by atoms with Crippen LogP contribution in [0.4, 0.5) is 0 Å². The van der Waals surface area contributed by atoms with Crippen LogP contribution in [0, 0.1) is 13.8 Å². The SMILES string of the molecule is COC(=O)CCCOc1ccc2c(C)cc(C)nc2c1. The molecule has 0 bridgehead atoms. The van der Waals surface area contributed by atoms with Crippen molar-refractivity contribution in [2.24, 2.45) is 0 Å². The molecule has 0 spiro atoms. The largest absolute Gasteiger partial charge is 0.494 e. The average molecular weight is 273 g/mol. The lowest BCUT2D eigenvalue weighted by molar-refractivity contribution is -0.140. The summed E-state index contributed by atoms with van der Waals surface area (Å²) in [5, 5.41) is 1.14. The molecular formula is C16H19NO3. The Hall–Kier alpha value is -2.10. The van der Waals surface area contributed by atoms with E-state index in [0.717, 1.165) is 22.3 Å². The predicted molar refractivity (Wildman–Crippen MR) is 78.0 cm³/mol. The molecule has 0 aliphatic heterocycles. The van der Waals surface area contributed by atoms with Crippen LogP contribution in [0.1, 0.15) is 24.1 Å². The molecule has 20 heavy (non-hydrogen) atoms. The molecule has 0 amide bonds. The number of aromatic nitrogens is 1. The molecule has 0 aliphatic carbocycles. The van der Waals surface area contributed by atoms with Gasteiger partial charge in [0.25, 0.3) is 0 Å². The van der Waals surface area contributed by atoms with Crippen LogP contribution >= 0.6 is 0 Å². The van der Waals surface area contributed by atoms with Crippen molar-refractivity contribution in [3.63, 3.8) is 0 Å². The highest BCUT2D eigenvalue weighted by atomic mass is 16.5. The summed E-state index contributed by atoms with van der Waals surface area (Å²) in [7, 11) is 1.39. The van der Waals surface area contributed by atoms with Crippen molar-refractivity contribution in [2.75, 3.05) is 13.7 Å². The molecule has 0 saturated heterocycles. The first kappa shape index (κ1) is 14.3. The molecule has 106 valence electrons. The molecule has 0 N–H and O–H groups in total. The maximum absolute atomic E-state index is 11.0. The van der Waals surface area contributed by atoms with Crippen LogP contribution < -0.4 is 4.74 Å². The summed E-state index contributed by atoms with van der Waals surface area (Å²) in [5.41, 5.74) is 3.15. The lowest BCUT2D eigenvalue weighted by atomic mass is 10.1. The van der Waals surface area contributed by atoms with Gasteiger partial charge in [-0.05, 0) is 44.0 Å². The molecule has 2 aromatic rings. The van der Waals surface area contributed by atoms with Crippen LogP contribution in [0.15, 0.2) is 24.3 Å². The fourth-order valence-electron chi connectivity index (χ4n) is 2.15. The Morgan fingerprint density at radius 2 is 2.05 bits per heavy atom. The Morgan fingerprint density at radius 1 is 1.25 bits per heavy atom. The molecule has 1 aromatic heterocycles. The number of fused-ring (bicyclic) bond motifs is 1. The van der Waals surface area contributed by atoms with Gasteiger partial charge >= 0.3 is 5.97 Å². The standard InChI is InChI=1S/C16H19NO3/c1-11-9-12(2)17-15-10-13(6-7-14(11)15)20-8-4-5-16(18)19-3/h6-7,9-10H,4-5,8H2,1-3H3. The molecule has 4 heteroatoms. The molecule has 0 radical (unpaired) electrons. The van der Waals surface area contributed by atoms with Gasteiger partial charge in [0.2, 0.25) is 0 Å². The third-order valence-corrected chi connectivity index (χ3v) is 3.14. The Labute approximate surface area is 118 Å². The lowest BCUT2D eigenvalue weighted by Crippen LogP contribution is -2.04. The first-order chi connectivity index (χ1) is 9.60. The number of aryl methyl sites for hydroxylation is 2. The third-order valence-electron chi connectivity index (χ3n) is 3.14. The maximum atomic E-state index is 11.0. The number of hydrogen-bond donors (Lipinski definition) is 0. The van der Waals surface area contributed by atoms with Crippen LogP contribution in [0.5, 0.6) is 5.75 Å². The number of benzene rings is 1. The van der Waals surface area contributed by atoms with E-state index in [0.29, 0.717) is 19.4 Å². The average Bonchev–Trinajstić information content (AvgIpc) is 2.42. The minimum absolute atomic E-state index is 0.208. The molecular weight excluding hydrogens is 254 g/mol. The summed E-state index contributed by atoms with van der Waals surface area (Å²) < 4.78 is 10.2. The Kier molecular flexibility index (Phi) is 4.56. The number of methoxy groups -OCH3 is 1. The summed E-state index contributed by atoms with van der Waals surface area (Å²) in [6.45, 7) is 4.55. The van der Waals surface area contributed by atoms with E-state index in [9.17, 15) is 4.79 Å². The zero-order valence-electron chi connectivity index (χ0n) is 12.1. The second-order valence-electron chi connectivity index (χ2n) is 4.79. The van der Waals surface area contributed by atoms with Gasteiger partial charge in [-0.2, -0.15) is 0 Å². The van der Waals surface area contributed by atoms with Gasteiger partial charge in [0, 0.05) is 23.6 Å². The van der Waals surface area contributed by atoms with Crippen LogP contribution in [0.3, 0.4) is 0 Å². The molecule has 0 saturated carbocycles. The Morgan fingerprint density at radius 3 is 2.80 bits per heavy atom. The predicted octanol–water partition coefficient (Wildman–Crippen LogP) is 3.18. The minimum atomic E-state index is -0.208.